The molecule has 0 aliphatic rings. The largest absolute Gasteiger partial charge is 0.387 e. The van der Waals surface area contributed by atoms with Crippen molar-refractivity contribution in [2.24, 2.45) is 0 Å². The van der Waals surface area contributed by atoms with Crippen LogP contribution in [0, 0.1) is 6.92 Å². The molecule has 0 spiro atoms. The monoisotopic (exact) mass is 259 g/mol. The van der Waals surface area contributed by atoms with Crippen LogP contribution in [-0.4, -0.2) is 34.3 Å². The molecule has 2 heterocycles. The second-order valence-electron chi connectivity index (χ2n) is 4.21. The lowest BCUT2D eigenvalue weighted by molar-refractivity contribution is 0.0952. The van der Waals surface area contributed by atoms with E-state index in [9.17, 15) is 4.79 Å². The molecule has 2 aromatic heterocycles. The van der Waals surface area contributed by atoms with E-state index < -0.39 is 0 Å². The van der Waals surface area contributed by atoms with Gasteiger partial charge < -0.3 is 10.6 Å². The van der Waals surface area contributed by atoms with Gasteiger partial charge in [-0.2, -0.15) is 5.10 Å². The number of hydrogen-bond donors (Lipinski definition) is 2. The summed E-state index contributed by atoms with van der Waals surface area (Å²) in [6.07, 6.45) is 6.94. The summed E-state index contributed by atoms with van der Waals surface area (Å²) in [5, 5.41) is 9.98. The normalized spacial score (nSPS) is 10.2. The minimum absolute atomic E-state index is 0.138. The third-order valence-corrected chi connectivity index (χ3v) is 2.72. The molecule has 6 nitrogen and oxygen atoms in total. The topological polar surface area (TPSA) is 71.8 Å². The lowest BCUT2D eigenvalue weighted by Gasteiger charge is -2.09. The summed E-state index contributed by atoms with van der Waals surface area (Å²) >= 11 is 0. The van der Waals surface area contributed by atoms with Crippen molar-refractivity contribution in [2.75, 3.05) is 18.9 Å². The molecule has 0 atom stereocenters. The van der Waals surface area contributed by atoms with E-state index in [0.29, 0.717) is 18.7 Å². The zero-order valence-electron chi connectivity index (χ0n) is 11.1. The Morgan fingerprint density at radius 3 is 2.95 bits per heavy atom. The predicted molar refractivity (Wildman–Crippen MR) is 73.1 cm³/mol. The molecule has 2 aromatic rings. The molecule has 19 heavy (non-hydrogen) atoms. The summed E-state index contributed by atoms with van der Waals surface area (Å²) in [6.45, 7) is 3.16. The molecule has 0 radical (unpaired) electrons. The van der Waals surface area contributed by atoms with E-state index in [0.717, 1.165) is 11.3 Å². The molecule has 0 bridgehead atoms. The van der Waals surface area contributed by atoms with Crippen LogP contribution < -0.4 is 10.6 Å². The number of nitrogens with one attached hydrogen (secondary N) is 2. The Bertz CT molecular complexity index is 564. The fraction of sp³-hybridized carbons (Fsp3) is 0.308. The Hall–Kier alpha value is -2.37. The molecule has 6 heteroatoms. The lowest BCUT2D eigenvalue weighted by Crippen LogP contribution is -2.28. The number of aryl methyl sites for hydroxylation is 1. The van der Waals surface area contributed by atoms with Crippen molar-refractivity contribution in [1.82, 2.24) is 20.1 Å². The summed E-state index contributed by atoms with van der Waals surface area (Å²) in [5.41, 5.74) is 2.42. The molecule has 0 saturated carbocycles. The molecule has 0 fully saturated rings. The number of aromatic nitrogens is 3. The first-order valence-corrected chi connectivity index (χ1v) is 6.09. The lowest BCUT2D eigenvalue weighted by atomic mass is 10.2. The summed E-state index contributed by atoms with van der Waals surface area (Å²) in [7, 11) is 1.78. The molecule has 2 rings (SSSR count). The van der Waals surface area contributed by atoms with Gasteiger partial charge in [0.25, 0.3) is 5.91 Å². The summed E-state index contributed by atoms with van der Waals surface area (Å²) in [6, 6.07) is 1.77. The maximum atomic E-state index is 12.0. The molecule has 0 aliphatic carbocycles. The highest BCUT2D eigenvalue weighted by Gasteiger charge is 2.09. The zero-order chi connectivity index (χ0) is 13.7. The molecule has 0 saturated heterocycles. The molecule has 100 valence electrons. The van der Waals surface area contributed by atoms with Crippen molar-refractivity contribution in [1.29, 1.82) is 0 Å². The number of carbonyl (C=O) groups is 1. The van der Waals surface area contributed by atoms with Gasteiger partial charge in [0.15, 0.2) is 0 Å². The van der Waals surface area contributed by atoms with Crippen LogP contribution in [0.3, 0.4) is 0 Å². The smallest absolute Gasteiger partial charge is 0.255 e. The van der Waals surface area contributed by atoms with Crippen LogP contribution in [0.4, 0.5) is 5.69 Å². The predicted octanol–water partition coefficient (Wildman–Crippen LogP) is 1.06. The fourth-order valence-corrected chi connectivity index (χ4v) is 1.76. The SMILES string of the molecule is CNc1ccncc1C(=O)NCCn1cc(C)cn1. The van der Waals surface area contributed by atoms with E-state index >= 15 is 0 Å². The van der Waals surface area contributed by atoms with Crippen LogP contribution in [0.1, 0.15) is 15.9 Å². The van der Waals surface area contributed by atoms with Gasteiger partial charge in [-0.25, -0.2) is 0 Å². The quantitative estimate of drug-likeness (QED) is 0.842. The number of amides is 1. The summed E-state index contributed by atoms with van der Waals surface area (Å²) in [4.78, 5) is 16.0. The van der Waals surface area contributed by atoms with Gasteiger partial charge in [0, 0.05) is 37.9 Å². The van der Waals surface area contributed by atoms with Crippen LogP contribution in [0.25, 0.3) is 0 Å². The Kier molecular flexibility index (Phi) is 4.12. The van der Waals surface area contributed by atoms with E-state index in [4.69, 9.17) is 0 Å². The van der Waals surface area contributed by atoms with Gasteiger partial charge in [-0.05, 0) is 18.6 Å². The fourth-order valence-electron chi connectivity index (χ4n) is 1.76. The first kappa shape index (κ1) is 13.1. The minimum atomic E-state index is -0.138. The van der Waals surface area contributed by atoms with Crippen molar-refractivity contribution >= 4 is 11.6 Å². The maximum Gasteiger partial charge on any atom is 0.255 e. The molecule has 0 unspecified atom stereocenters. The highest BCUT2D eigenvalue weighted by molar-refractivity contribution is 5.99. The van der Waals surface area contributed by atoms with Gasteiger partial charge in [-0.3, -0.25) is 14.5 Å². The second kappa shape index (κ2) is 5.99. The third-order valence-electron chi connectivity index (χ3n) is 2.72. The van der Waals surface area contributed by atoms with Crippen LogP contribution in [-0.2, 0) is 6.54 Å². The first-order valence-electron chi connectivity index (χ1n) is 6.09. The zero-order valence-corrected chi connectivity index (χ0v) is 11.1. The number of anilines is 1. The Labute approximate surface area is 111 Å². The van der Waals surface area contributed by atoms with Gasteiger partial charge >= 0.3 is 0 Å². The Morgan fingerprint density at radius 1 is 1.42 bits per heavy atom. The minimum Gasteiger partial charge on any atom is -0.387 e. The van der Waals surface area contributed by atoms with Crippen LogP contribution in [0.15, 0.2) is 30.9 Å². The van der Waals surface area contributed by atoms with Crippen molar-refractivity contribution in [3.05, 3.63) is 42.0 Å². The standard InChI is InChI=1S/C13H17N5O/c1-10-7-17-18(9-10)6-5-16-13(19)11-8-15-4-3-12(11)14-2/h3-4,7-9H,5-6H2,1-2H3,(H,14,15)(H,16,19). The van der Waals surface area contributed by atoms with Gasteiger partial charge in [0.05, 0.1) is 18.3 Å². The first-order chi connectivity index (χ1) is 9.20. The number of hydrogen-bond acceptors (Lipinski definition) is 4. The van der Waals surface area contributed by atoms with Crippen molar-refractivity contribution in [2.45, 2.75) is 13.5 Å². The molecular weight excluding hydrogens is 242 g/mol. The van der Waals surface area contributed by atoms with Gasteiger partial charge in [-0.1, -0.05) is 0 Å². The van der Waals surface area contributed by atoms with Crippen molar-refractivity contribution in [3.8, 4) is 0 Å². The molecular formula is C13H17N5O. The average Bonchev–Trinajstić information content (AvgIpc) is 2.84. The number of pyridine rings is 1. The van der Waals surface area contributed by atoms with E-state index in [2.05, 4.69) is 20.7 Å². The van der Waals surface area contributed by atoms with Crippen LogP contribution in [0.2, 0.25) is 0 Å². The number of carbonyl (C=O) groups excluding carboxylic acids is 1. The maximum absolute atomic E-state index is 12.0. The van der Waals surface area contributed by atoms with Gasteiger partial charge in [0.2, 0.25) is 0 Å². The van der Waals surface area contributed by atoms with Gasteiger partial charge in [-0.15, -0.1) is 0 Å². The van der Waals surface area contributed by atoms with E-state index in [-0.39, 0.29) is 5.91 Å². The van der Waals surface area contributed by atoms with Crippen molar-refractivity contribution in [3.63, 3.8) is 0 Å². The Morgan fingerprint density at radius 2 is 2.26 bits per heavy atom. The van der Waals surface area contributed by atoms with E-state index in [1.807, 2.05) is 13.1 Å². The van der Waals surface area contributed by atoms with E-state index in [1.54, 1.807) is 36.4 Å². The van der Waals surface area contributed by atoms with Gasteiger partial charge in [0.1, 0.15) is 0 Å². The van der Waals surface area contributed by atoms with E-state index in [1.165, 1.54) is 0 Å². The Balaban J connectivity index is 1.90. The summed E-state index contributed by atoms with van der Waals surface area (Å²) < 4.78 is 1.80. The average molecular weight is 259 g/mol. The summed E-state index contributed by atoms with van der Waals surface area (Å²) in [5.74, 6) is -0.138. The molecule has 0 aromatic carbocycles. The highest BCUT2D eigenvalue weighted by Crippen LogP contribution is 2.11. The highest BCUT2D eigenvalue weighted by atomic mass is 16.1. The van der Waals surface area contributed by atoms with Crippen LogP contribution >= 0.6 is 0 Å². The molecule has 2 N–H and O–H groups in total. The third kappa shape index (κ3) is 3.31. The number of nitrogens with zero attached hydrogens (tertiary/aromatic N) is 3. The molecule has 1 amide bonds. The van der Waals surface area contributed by atoms with Crippen molar-refractivity contribution < 1.29 is 4.79 Å². The molecule has 0 aliphatic heterocycles. The van der Waals surface area contributed by atoms with Crippen LogP contribution in [0.5, 0.6) is 0 Å². The number of rotatable bonds is 5. The second-order valence-corrected chi connectivity index (χ2v) is 4.21.